The number of nitrogens with zero attached hydrogens (tertiary/aromatic N) is 2. The zero-order valence-corrected chi connectivity index (χ0v) is 14.5. The van der Waals surface area contributed by atoms with Gasteiger partial charge in [0.2, 0.25) is 0 Å². The molecule has 1 aromatic carbocycles. The Hall–Kier alpha value is -1.30. The van der Waals surface area contributed by atoms with Crippen molar-refractivity contribution in [2.45, 2.75) is 19.3 Å². The van der Waals surface area contributed by atoms with E-state index >= 15 is 0 Å². The summed E-state index contributed by atoms with van der Waals surface area (Å²) in [5.74, 6) is -0.694. The maximum Gasteiger partial charge on any atom is 0.303 e. The molecule has 1 amide bonds. The highest BCUT2D eigenvalue weighted by Gasteiger charge is 2.21. The van der Waals surface area contributed by atoms with E-state index in [0.29, 0.717) is 30.1 Å². The van der Waals surface area contributed by atoms with Gasteiger partial charge in [0, 0.05) is 43.2 Å². The van der Waals surface area contributed by atoms with Gasteiger partial charge < -0.3 is 10.0 Å². The van der Waals surface area contributed by atoms with E-state index in [4.69, 9.17) is 16.7 Å². The summed E-state index contributed by atoms with van der Waals surface area (Å²) in [5.41, 5.74) is 0.666. The Morgan fingerprint density at radius 3 is 2.22 bits per heavy atom. The second-order valence-electron chi connectivity index (χ2n) is 5.49. The first kappa shape index (κ1) is 19.7. The summed E-state index contributed by atoms with van der Waals surface area (Å²) in [6.45, 7) is 4.00. The Kier molecular flexibility index (Phi) is 8.37. The Bertz CT molecular complexity index is 515. The highest BCUT2D eigenvalue weighted by Crippen LogP contribution is 2.13. The van der Waals surface area contributed by atoms with Crippen LogP contribution in [0.5, 0.6) is 0 Å². The van der Waals surface area contributed by atoms with Crippen molar-refractivity contribution >= 4 is 35.9 Å². The van der Waals surface area contributed by atoms with Crippen LogP contribution in [0, 0.1) is 0 Å². The fourth-order valence-corrected chi connectivity index (χ4v) is 2.69. The number of carboxylic acids is 1. The summed E-state index contributed by atoms with van der Waals surface area (Å²) in [6.07, 6.45) is 1.83. The minimum atomic E-state index is -0.738. The number of carbonyl (C=O) groups is 2. The molecule has 0 aliphatic carbocycles. The maximum atomic E-state index is 12.4. The normalized spacial score (nSPS) is 15.1. The van der Waals surface area contributed by atoms with Gasteiger partial charge in [0.15, 0.2) is 0 Å². The number of carboxylic acid groups (broad SMARTS) is 1. The summed E-state index contributed by atoms with van der Waals surface area (Å²) in [5, 5.41) is 9.23. The molecule has 1 aromatic rings. The zero-order chi connectivity index (χ0) is 15.9. The molecule has 1 aliphatic rings. The van der Waals surface area contributed by atoms with Gasteiger partial charge in [-0.3, -0.25) is 14.5 Å². The summed E-state index contributed by atoms with van der Waals surface area (Å²) in [6, 6.07) is 6.97. The summed E-state index contributed by atoms with van der Waals surface area (Å²) < 4.78 is 0. The Labute approximate surface area is 147 Å². The number of rotatable bonds is 6. The van der Waals surface area contributed by atoms with Crippen LogP contribution in [0.2, 0.25) is 5.02 Å². The molecule has 2 rings (SSSR count). The van der Waals surface area contributed by atoms with E-state index < -0.39 is 5.97 Å². The second-order valence-corrected chi connectivity index (χ2v) is 5.93. The van der Waals surface area contributed by atoms with Gasteiger partial charge in [0.05, 0.1) is 0 Å². The smallest absolute Gasteiger partial charge is 0.303 e. The van der Waals surface area contributed by atoms with Crippen LogP contribution in [0.3, 0.4) is 0 Å². The molecule has 1 N–H and O–H groups in total. The third kappa shape index (κ3) is 6.37. The van der Waals surface area contributed by atoms with Gasteiger partial charge in [-0.1, -0.05) is 11.6 Å². The predicted octanol–water partition coefficient (Wildman–Crippen LogP) is 2.77. The van der Waals surface area contributed by atoms with Crippen LogP contribution in [0.25, 0.3) is 0 Å². The number of unbranched alkanes of at least 4 members (excludes halogenated alkanes) is 1. The topological polar surface area (TPSA) is 60.9 Å². The molecular weight excluding hydrogens is 339 g/mol. The highest BCUT2D eigenvalue weighted by atomic mass is 35.5. The fraction of sp³-hybridized carbons (Fsp3) is 0.500. The van der Waals surface area contributed by atoms with E-state index in [-0.39, 0.29) is 24.7 Å². The van der Waals surface area contributed by atoms with Crippen LogP contribution in [-0.4, -0.2) is 59.5 Å². The summed E-state index contributed by atoms with van der Waals surface area (Å²) >= 11 is 5.83. The van der Waals surface area contributed by atoms with Gasteiger partial charge in [-0.05, 0) is 43.7 Å². The number of benzene rings is 1. The van der Waals surface area contributed by atoms with Crippen LogP contribution < -0.4 is 0 Å². The molecule has 1 fully saturated rings. The van der Waals surface area contributed by atoms with Gasteiger partial charge in [-0.2, -0.15) is 0 Å². The lowest BCUT2D eigenvalue weighted by atomic mass is 10.1. The molecule has 23 heavy (non-hydrogen) atoms. The Morgan fingerprint density at radius 1 is 1.04 bits per heavy atom. The standard InChI is InChI=1S/C16H21ClN2O3.ClH/c17-14-6-4-13(5-7-14)16(22)19-11-9-18(10-12-19)8-2-1-3-15(20)21;/h4-7H,1-3,8-12H2,(H,20,21);1H. The monoisotopic (exact) mass is 360 g/mol. The van der Waals surface area contributed by atoms with Gasteiger partial charge >= 0.3 is 5.97 Å². The van der Waals surface area contributed by atoms with Crippen molar-refractivity contribution in [3.8, 4) is 0 Å². The number of halogens is 2. The van der Waals surface area contributed by atoms with Crippen molar-refractivity contribution in [1.82, 2.24) is 9.80 Å². The lowest BCUT2D eigenvalue weighted by Crippen LogP contribution is -2.48. The number of hydrogen-bond acceptors (Lipinski definition) is 3. The van der Waals surface area contributed by atoms with Crippen LogP contribution >= 0.6 is 24.0 Å². The summed E-state index contributed by atoms with van der Waals surface area (Å²) in [7, 11) is 0. The average Bonchev–Trinajstić information content (AvgIpc) is 2.52. The molecule has 5 nitrogen and oxygen atoms in total. The van der Waals surface area contributed by atoms with E-state index in [0.717, 1.165) is 26.1 Å². The van der Waals surface area contributed by atoms with E-state index in [9.17, 15) is 9.59 Å². The zero-order valence-electron chi connectivity index (χ0n) is 12.9. The number of aliphatic carboxylic acids is 1. The SMILES string of the molecule is Cl.O=C(O)CCCCN1CCN(C(=O)c2ccc(Cl)cc2)CC1. The number of carbonyl (C=O) groups excluding carboxylic acids is 1. The molecule has 0 bridgehead atoms. The van der Waals surface area contributed by atoms with Crippen molar-refractivity contribution in [3.63, 3.8) is 0 Å². The Balaban J connectivity index is 0.00000264. The lowest BCUT2D eigenvalue weighted by Gasteiger charge is -2.34. The Morgan fingerprint density at radius 2 is 1.65 bits per heavy atom. The van der Waals surface area contributed by atoms with Gasteiger partial charge in [-0.15, -0.1) is 12.4 Å². The van der Waals surface area contributed by atoms with E-state index in [2.05, 4.69) is 4.90 Å². The first-order valence-corrected chi connectivity index (χ1v) is 7.93. The van der Waals surface area contributed by atoms with Crippen molar-refractivity contribution in [2.24, 2.45) is 0 Å². The quantitative estimate of drug-likeness (QED) is 0.792. The molecule has 0 unspecified atom stereocenters. The minimum absolute atomic E-state index is 0. The maximum absolute atomic E-state index is 12.4. The molecule has 7 heteroatoms. The summed E-state index contributed by atoms with van der Waals surface area (Å²) in [4.78, 5) is 27.0. The molecule has 0 spiro atoms. The van der Waals surface area contributed by atoms with Crippen LogP contribution in [0.15, 0.2) is 24.3 Å². The first-order chi connectivity index (χ1) is 10.6. The minimum Gasteiger partial charge on any atom is -0.481 e. The molecule has 1 heterocycles. The highest BCUT2D eigenvalue weighted by molar-refractivity contribution is 6.30. The van der Waals surface area contributed by atoms with Crippen molar-refractivity contribution in [3.05, 3.63) is 34.9 Å². The number of amides is 1. The van der Waals surface area contributed by atoms with Gasteiger partial charge in [0.1, 0.15) is 0 Å². The van der Waals surface area contributed by atoms with Crippen LogP contribution in [-0.2, 0) is 4.79 Å². The average molecular weight is 361 g/mol. The predicted molar refractivity (Wildman–Crippen MR) is 92.5 cm³/mol. The third-order valence-corrected chi connectivity index (χ3v) is 4.12. The molecule has 0 aromatic heterocycles. The number of piperazine rings is 1. The second kappa shape index (κ2) is 9.75. The van der Waals surface area contributed by atoms with Crippen LogP contribution in [0.4, 0.5) is 0 Å². The van der Waals surface area contributed by atoms with Gasteiger partial charge in [0.25, 0.3) is 5.91 Å². The molecule has 0 radical (unpaired) electrons. The van der Waals surface area contributed by atoms with E-state index in [1.165, 1.54) is 0 Å². The third-order valence-electron chi connectivity index (χ3n) is 3.87. The van der Waals surface area contributed by atoms with E-state index in [1.54, 1.807) is 24.3 Å². The van der Waals surface area contributed by atoms with Gasteiger partial charge in [-0.25, -0.2) is 0 Å². The van der Waals surface area contributed by atoms with E-state index in [1.807, 2.05) is 4.90 Å². The lowest BCUT2D eigenvalue weighted by molar-refractivity contribution is -0.137. The molecule has 1 aliphatic heterocycles. The molecular formula is C16H22Cl2N2O3. The first-order valence-electron chi connectivity index (χ1n) is 7.55. The van der Waals surface area contributed by atoms with Crippen molar-refractivity contribution in [2.75, 3.05) is 32.7 Å². The van der Waals surface area contributed by atoms with Crippen LogP contribution in [0.1, 0.15) is 29.6 Å². The fourth-order valence-electron chi connectivity index (χ4n) is 2.56. The number of hydrogen-bond donors (Lipinski definition) is 1. The largest absolute Gasteiger partial charge is 0.481 e. The molecule has 128 valence electrons. The molecule has 0 atom stereocenters. The van der Waals surface area contributed by atoms with Crippen molar-refractivity contribution in [1.29, 1.82) is 0 Å². The van der Waals surface area contributed by atoms with Crippen molar-refractivity contribution < 1.29 is 14.7 Å². The molecule has 1 saturated heterocycles. The molecule has 0 saturated carbocycles.